The second-order valence-corrected chi connectivity index (χ2v) is 17.7. The van der Waals surface area contributed by atoms with Gasteiger partial charge in [0.25, 0.3) is 0 Å². The van der Waals surface area contributed by atoms with E-state index in [2.05, 4.69) is 75.6 Å². The van der Waals surface area contributed by atoms with Gasteiger partial charge in [-0.25, -0.2) is 0 Å². The van der Waals surface area contributed by atoms with Crippen LogP contribution in [-0.4, -0.2) is 13.3 Å². The van der Waals surface area contributed by atoms with Crippen molar-refractivity contribution in [3.05, 3.63) is 68.8 Å². The first-order chi connectivity index (χ1) is 11.8. The molecule has 25 heavy (non-hydrogen) atoms. The standard InChI is InChI=1S/C24H28Ge/c1-15-11-19-17(3)7-9-23(21(19)13-15)25(5,6)24-10-8-18(4)20-12-16(2)14-22(20)24/h7-12H,13-14H2,1-6H3. The number of aryl methyl sites for hydroxylation is 2. The zero-order chi connectivity index (χ0) is 17.9. The Bertz CT molecular complexity index is 877. The Hall–Kier alpha value is -1.54. The van der Waals surface area contributed by atoms with Gasteiger partial charge in [-0.05, 0) is 0 Å². The monoisotopic (exact) mass is 390 g/mol. The van der Waals surface area contributed by atoms with E-state index in [0.29, 0.717) is 0 Å². The van der Waals surface area contributed by atoms with Gasteiger partial charge in [0.1, 0.15) is 0 Å². The van der Waals surface area contributed by atoms with Crippen molar-refractivity contribution in [1.29, 1.82) is 0 Å². The SMILES string of the molecule is CC1=Cc2c(C)cc[c]([Ge]([CH3])([CH3])[c]3ccc(C)c4c3CC(C)=C4)c2C1. The van der Waals surface area contributed by atoms with Gasteiger partial charge in [0.05, 0.1) is 0 Å². The van der Waals surface area contributed by atoms with E-state index in [0.717, 1.165) is 12.8 Å². The number of hydrogen-bond acceptors (Lipinski definition) is 0. The normalized spacial score (nSPS) is 15.8. The van der Waals surface area contributed by atoms with Crippen molar-refractivity contribution in [2.24, 2.45) is 0 Å². The van der Waals surface area contributed by atoms with Gasteiger partial charge >= 0.3 is 155 Å². The fourth-order valence-electron chi connectivity index (χ4n) is 4.82. The zero-order valence-corrected chi connectivity index (χ0v) is 18.5. The third-order valence-corrected chi connectivity index (χ3v) is 13.8. The summed E-state index contributed by atoms with van der Waals surface area (Å²) in [5, 5.41) is 0. The molecule has 2 aromatic rings. The molecule has 2 aliphatic rings. The molecule has 0 atom stereocenters. The van der Waals surface area contributed by atoms with Gasteiger partial charge in [0.2, 0.25) is 0 Å². The van der Waals surface area contributed by atoms with Crippen LogP contribution in [0.4, 0.5) is 0 Å². The molecule has 0 unspecified atom stereocenters. The van der Waals surface area contributed by atoms with E-state index < -0.39 is 13.3 Å². The minimum atomic E-state index is -2.36. The summed E-state index contributed by atoms with van der Waals surface area (Å²) in [6, 6.07) is 9.63. The molecule has 2 aromatic carbocycles. The topological polar surface area (TPSA) is 0 Å². The van der Waals surface area contributed by atoms with Crippen molar-refractivity contribution in [1.82, 2.24) is 0 Å². The summed E-state index contributed by atoms with van der Waals surface area (Å²) in [5.74, 6) is 5.19. The molecule has 0 nitrogen and oxygen atoms in total. The van der Waals surface area contributed by atoms with Crippen molar-refractivity contribution in [2.45, 2.75) is 52.0 Å². The molecule has 128 valence electrons. The summed E-state index contributed by atoms with van der Waals surface area (Å²) in [5.41, 5.74) is 12.1. The molecule has 0 aromatic heterocycles. The van der Waals surface area contributed by atoms with Crippen LogP contribution in [0.25, 0.3) is 12.2 Å². The average molecular weight is 389 g/mol. The van der Waals surface area contributed by atoms with Gasteiger partial charge in [-0.15, -0.1) is 0 Å². The number of hydrogen-bond donors (Lipinski definition) is 0. The first-order valence-electron chi connectivity index (χ1n) is 9.39. The third kappa shape index (κ3) is 2.57. The predicted octanol–water partition coefficient (Wildman–Crippen LogP) is 5.04. The molecule has 1 heteroatoms. The molecule has 0 bridgehead atoms. The average Bonchev–Trinajstić information content (AvgIpc) is 3.10. The van der Waals surface area contributed by atoms with Crippen molar-refractivity contribution in [3.63, 3.8) is 0 Å². The molecule has 2 aliphatic carbocycles. The van der Waals surface area contributed by atoms with E-state index in [4.69, 9.17) is 0 Å². The zero-order valence-electron chi connectivity index (χ0n) is 16.4. The Morgan fingerprint density at radius 2 is 1.04 bits per heavy atom. The van der Waals surface area contributed by atoms with E-state index in [1.165, 1.54) is 33.4 Å². The summed E-state index contributed by atoms with van der Waals surface area (Å²) < 4.78 is 3.37. The molecule has 0 amide bonds. The number of allylic oxidation sites excluding steroid dienone is 2. The van der Waals surface area contributed by atoms with E-state index in [-0.39, 0.29) is 0 Å². The van der Waals surface area contributed by atoms with Gasteiger partial charge in [-0.2, -0.15) is 0 Å². The number of rotatable bonds is 2. The summed E-state index contributed by atoms with van der Waals surface area (Å²) in [7, 11) is 0. The molecule has 0 aliphatic heterocycles. The molecule has 0 N–H and O–H groups in total. The molecule has 0 spiro atoms. The van der Waals surface area contributed by atoms with Crippen molar-refractivity contribution >= 4 is 34.2 Å². The summed E-state index contributed by atoms with van der Waals surface area (Å²) in [6.45, 7) is 9.07. The Morgan fingerprint density at radius 1 is 0.640 bits per heavy atom. The van der Waals surface area contributed by atoms with Crippen LogP contribution in [0.2, 0.25) is 11.5 Å². The molecule has 0 fully saturated rings. The Kier molecular flexibility index (Phi) is 3.88. The molecule has 4 rings (SSSR count). The van der Waals surface area contributed by atoms with Crippen LogP contribution in [-0.2, 0) is 12.8 Å². The predicted molar refractivity (Wildman–Crippen MR) is 114 cm³/mol. The van der Waals surface area contributed by atoms with Crippen molar-refractivity contribution in [3.8, 4) is 0 Å². The van der Waals surface area contributed by atoms with Gasteiger partial charge in [-0.3, -0.25) is 0 Å². The minimum absolute atomic E-state index is 1.15. The summed E-state index contributed by atoms with van der Waals surface area (Å²) in [6.07, 6.45) is 7.12. The number of benzene rings is 2. The second kappa shape index (κ2) is 5.74. The number of fused-ring (bicyclic) bond motifs is 2. The first-order valence-corrected chi connectivity index (χ1v) is 15.7. The molecular formula is C24H28Ge. The second-order valence-electron chi connectivity index (χ2n) is 8.60. The van der Waals surface area contributed by atoms with Crippen LogP contribution < -0.4 is 8.79 Å². The van der Waals surface area contributed by atoms with Gasteiger partial charge in [0, 0.05) is 0 Å². The maximum atomic E-state index is 2.59. The Balaban J connectivity index is 1.90. The molecule has 0 saturated heterocycles. The Morgan fingerprint density at radius 3 is 1.44 bits per heavy atom. The maximum absolute atomic E-state index is 2.59. The first kappa shape index (κ1) is 16.9. The molecular weight excluding hydrogens is 361 g/mol. The molecule has 0 heterocycles. The van der Waals surface area contributed by atoms with Gasteiger partial charge in [0.15, 0.2) is 0 Å². The van der Waals surface area contributed by atoms with E-state index in [1.54, 1.807) is 19.9 Å². The quantitative estimate of drug-likeness (QED) is 0.632. The van der Waals surface area contributed by atoms with Crippen molar-refractivity contribution in [2.75, 3.05) is 0 Å². The van der Waals surface area contributed by atoms with Gasteiger partial charge < -0.3 is 0 Å². The fourth-order valence-corrected chi connectivity index (χ4v) is 11.6. The van der Waals surface area contributed by atoms with E-state index >= 15 is 0 Å². The van der Waals surface area contributed by atoms with Gasteiger partial charge in [-0.1, -0.05) is 0 Å². The van der Waals surface area contributed by atoms with Crippen LogP contribution in [0.3, 0.4) is 0 Å². The fraction of sp³-hybridized carbons (Fsp3) is 0.333. The van der Waals surface area contributed by atoms with E-state index in [1.807, 2.05) is 0 Å². The van der Waals surface area contributed by atoms with Crippen LogP contribution in [0.15, 0.2) is 35.4 Å². The molecule has 0 radical (unpaired) electrons. The Labute approximate surface area is 155 Å². The van der Waals surface area contributed by atoms with Crippen LogP contribution in [0, 0.1) is 13.8 Å². The molecule has 0 saturated carbocycles. The van der Waals surface area contributed by atoms with Crippen LogP contribution >= 0.6 is 0 Å². The van der Waals surface area contributed by atoms with Crippen LogP contribution in [0.5, 0.6) is 0 Å². The van der Waals surface area contributed by atoms with E-state index in [9.17, 15) is 0 Å². The van der Waals surface area contributed by atoms with Crippen molar-refractivity contribution < 1.29 is 0 Å². The summed E-state index contributed by atoms with van der Waals surface area (Å²) >= 11 is -2.36. The van der Waals surface area contributed by atoms with Crippen LogP contribution in [0.1, 0.15) is 47.2 Å². The third-order valence-electron chi connectivity index (χ3n) is 6.19. The summed E-state index contributed by atoms with van der Waals surface area (Å²) in [4.78, 5) is 0.